The summed E-state index contributed by atoms with van der Waals surface area (Å²) < 4.78 is 7.12. The Kier molecular flexibility index (Phi) is 5.15. The van der Waals surface area contributed by atoms with Crippen LogP contribution >= 0.6 is 0 Å². The van der Waals surface area contributed by atoms with Gasteiger partial charge in [-0.05, 0) is 19.8 Å². The van der Waals surface area contributed by atoms with Crippen molar-refractivity contribution < 1.29 is 4.74 Å². The first-order chi connectivity index (χ1) is 7.95. The van der Waals surface area contributed by atoms with Gasteiger partial charge in [-0.15, -0.1) is 0 Å². The fourth-order valence-corrected chi connectivity index (χ4v) is 2.07. The van der Waals surface area contributed by atoms with E-state index in [0.29, 0.717) is 18.0 Å². The monoisotopic (exact) mass is 239 g/mol. The van der Waals surface area contributed by atoms with Crippen LogP contribution in [-0.4, -0.2) is 29.5 Å². The van der Waals surface area contributed by atoms with Gasteiger partial charge in [-0.1, -0.05) is 13.8 Å². The summed E-state index contributed by atoms with van der Waals surface area (Å²) in [4.78, 5) is 0. The number of methoxy groups -OCH3 is 1. The van der Waals surface area contributed by atoms with Gasteiger partial charge in [0.25, 0.3) is 0 Å². The minimum atomic E-state index is 0.297. The van der Waals surface area contributed by atoms with Crippen LogP contribution in [-0.2, 0) is 11.8 Å². The lowest BCUT2D eigenvalue weighted by molar-refractivity contribution is 0.141. The second-order valence-electron chi connectivity index (χ2n) is 5.04. The number of nitrogens with zero attached hydrogens (tertiary/aromatic N) is 2. The van der Waals surface area contributed by atoms with Crippen LogP contribution in [0.1, 0.15) is 38.1 Å². The zero-order chi connectivity index (χ0) is 13.0. The third-order valence-electron chi connectivity index (χ3n) is 3.13. The van der Waals surface area contributed by atoms with Gasteiger partial charge in [0.2, 0.25) is 0 Å². The molecule has 4 heteroatoms. The van der Waals surface area contributed by atoms with Gasteiger partial charge in [-0.2, -0.15) is 5.10 Å². The van der Waals surface area contributed by atoms with Crippen molar-refractivity contribution >= 4 is 0 Å². The highest BCUT2D eigenvalue weighted by molar-refractivity contribution is 5.19. The van der Waals surface area contributed by atoms with Crippen LogP contribution in [0.15, 0.2) is 6.20 Å². The molecule has 98 valence electrons. The molecule has 0 radical (unpaired) electrons. The van der Waals surface area contributed by atoms with E-state index in [1.54, 1.807) is 7.11 Å². The summed E-state index contributed by atoms with van der Waals surface area (Å²) in [5.41, 5.74) is 2.35. The van der Waals surface area contributed by atoms with E-state index < -0.39 is 0 Å². The standard InChI is InChI=1S/C13H25N3O/c1-9(2)13(8-17-6)14-10(3)12-7-16(5)15-11(12)4/h7,9-10,13-14H,8H2,1-6H3. The molecule has 0 spiro atoms. The highest BCUT2D eigenvalue weighted by Crippen LogP contribution is 2.17. The molecule has 0 aliphatic heterocycles. The Morgan fingerprint density at radius 3 is 2.47 bits per heavy atom. The maximum Gasteiger partial charge on any atom is 0.0641 e. The Labute approximate surface area is 104 Å². The summed E-state index contributed by atoms with van der Waals surface area (Å²) in [6.45, 7) is 9.38. The number of nitrogens with one attached hydrogen (secondary N) is 1. The van der Waals surface area contributed by atoms with Crippen LogP contribution in [0.3, 0.4) is 0 Å². The molecule has 2 atom stereocenters. The summed E-state index contributed by atoms with van der Waals surface area (Å²) >= 11 is 0. The molecular weight excluding hydrogens is 214 g/mol. The Morgan fingerprint density at radius 2 is 2.06 bits per heavy atom. The molecule has 1 N–H and O–H groups in total. The van der Waals surface area contributed by atoms with E-state index in [0.717, 1.165) is 12.3 Å². The van der Waals surface area contributed by atoms with Gasteiger partial charge in [0.1, 0.15) is 0 Å². The third-order valence-corrected chi connectivity index (χ3v) is 3.13. The van der Waals surface area contributed by atoms with Gasteiger partial charge in [0, 0.05) is 38.0 Å². The second-order valence-corrected chi connectivity index (χ2v) is 5.04. The van der Waals surface area contributed by atoms with Gasteiger partial charge in [-0.25, -0.2) is 0 Å². The number of aromatic nitrogens is 2. The van der Waals surface area contributed by atoms with Gasteiger partial charge < -0.3 is 10.1 Å². The van der Waals surface area contributed by atoms with Crippen molar-refractivity contribution in [3.63, 3.8) is 0 Å². The number of hydrogen-bond donors (Lipinski definition) is 1. The fraction of sp³-hybridized carbons (Fsp3) is 0.769. The molecule has 0 aliphatic rings. The van der Waals surface area contributed by atoms with Gasteiger partial charge in [0.05, 0.1) is 12.3 Å². The first kappa shape index (κ1) is 14.2. The Morgan fingerprint density at radius 1 is 1.41 bits per heavy atom. The highest BCUT2D eigenvalue weighted by atomic mass is 16.5. The maximum atomic E-state index is 5.25. The Bertz CT molecular complexity index is 346. The van der Waals surface area contributed by atoms with E-state index in [1.165, 1.54) is 5.56 Å². The molecule has 0 bridgehead atoms. The minimum Gasteiger partial charge on any atom is -0.383 e. The van der Waals surface area contributed by atoms with Gasteiger partial charge >= 0.3 is 0 Å². The van der Waals surface area contributed by atoms with E-state index in [2.05, 4.69) is 37.4 Å². The first-order valence-corrected chi connectivity index (χ1v) is 6.20. The first-order valence-electron chi connectivity index (χ1n) is 6.20. The van der Waals surface area contributed by atoms with Crippen molar-refractivity contribution in [2.75, 3.05) is 13.7 Å². The Balaban J connectivity index is 2.69. The topological polar surface area (TPSA) is 39.1 Å². The zero-order valence-corrected chi connectivity index (χ0v) is 11.8. The largest absolute Gasteiger partial charge is 0.383 e. The lowest BCUT2D eigenvalue weighted by Crippen LogP contribution is -2.39. The van der Waals surface area contributed by atoms with Crippen molar-refractivity contribution in [2.45, 2.75) is 39.8 Å². The molecule has 1 heterocycles. The molecule has 1 rings (SSSR count). The molecule has 0 amide bonds. The summed E-state index contributed by atoms with van der Waals surface area (Å²) in [7, 11) is 3.70. The average Bonchev–Trinajstić information content (AvgIpc) is 2.57. The van der Waals surface area contributed by atoms with Gasteiger partial charge in [0.15, 0.2) is 0 Å². The van der Waals surface area contributed by atoms with Crippen molar-refractivity contribution in [1.29, 1.82) is 0 Å². The summed E-state index contributed by atoms with van der Waals surface area (Å²) in [5.74, 6) is 0.550. The van der Waals surface area contributed by atoms with E-state index in [4.69, 9.17) is 4.74 Å². The lowest BCUT2D eigenvalue weighted by atomic mass is 10.0. The molecule has 0 aromatic carbocycles. The highest BCUT2D eigenvalue weighted by Gasteiger charge is 2.18. The predicted molar refractivity (Wildman–Crippen MR) is 70.0 cm³/mol. The molecule has 0 saturated heterocycles. The van der Waals surface area contributed by atoms with Crippen LogP contribution in [0, 0.1) is 12.8 Å². The number of aryl methyl sites for hydroxylation is 2. The van der Waals surface area contributed by atoms with Crippen molar-refractivity contribution in [3.8, 4) is 0 Å². The van der Waals surface area contributed by atoms with E-state index in [-0.39, 0.29) is 0 Å². The molecule has 0 fully saturated rings. The Hall–Kier alpha value is -0.870. The molecular formula is C13H25N3O. The number of ether oxygens (including phenoxy) is 1. The predicted octanol–water partition coefficient (Wildman–Crippen LogP) is 2.05. The fourth-order valence-electron chi connectivity index (χ4n) is 2.07. The maximum absolute atomic E-state index is 5.25. The molecule has 1 aromatic heterocycles. The zero-order valence-electron chi connectivity index (χ0n) is 11.8. The van der Waals surface area contributed by atoms with E-state index in [9.17, 15) is 0 Å². The summed E-state index contributed by atoms with van der Waals surface area (Å²) in [6.07, 6.45) is 2.08. The number of hydrogen-bond acceptors (Lipinski definition) is 3. The molecule has 0 aliphatic carbocycles. The average molecular weight is 239 g/mol. The molecule has 0 saturated carbocycles. The molecule has 1 aromatic rings. The molecule has 2 unspecified atom stereocenters. The van der Waals surface area contributed by atoms with Crippen LogP contribution in [0.5, 0.6) is 0 Å². The normalized spacial score (nSPS) is 15.2. The van der Waals surface area contributed by atoms with Crippen LogP contribution < -0.4 is 5.32 Å². The van der Waals surface area contributed by atoms with Crippen LogP contribution in [0.2, 0.25) is 0 Å². The minimum absolute atomic E-state index is 0.297. The lowest BCUT2D eigenvalue weighted by Gasteiger charge is -2.25. The van der Waals surface area contributed by atoms with Crippen molar-refractivity contribution in [1.82, 2.24) is 15.1 Å². The van der Waals surface area contributed by atoms with E-state index >= 15 is 0 Å². The van der Waals surface area contributed by atoms with Crippen LogP contribution in [0.25, 0.3) is 0 Å². The molecule has 17 heavy (non-hydrogen) atoms. The summed E-state index contributed by atoms with van der Waals surface area (Å²) in [5, 5.41) is 7.99. The summed E-state index contributed by atoms with van der Waals surface area (Å²) in [6, 6.07) is 0.667. The SMILES string of the molecule is COCC(NC(C)c1cn(C)nc1C)C(C)C. The second kappa shape index (κ2) is 6.17. The van der Waals surface area contributed by atoms with Crippen molar-refractivity contribution in [3.05, 3.63) is 17.5 Å². The van der Waals surface area contributed by atoms with E-state index in [1.807, 2.05) is 18.7 Å². The molecule has 4 nitrogen and oxygen atoms in total. The van der Waals surface area contributed by atoms with Crippen LogP contribution in [0.4, 0.5) is 0 Å². The van der Waals surface area contributed by atoms with Crippen molar-refractivity contribution in [2.24, 2.45) is 13.0 Å². The third kappa shape index (κ3) is 3.82. The number of rotatable bonds is 6. The smallest absolute Gasteiger partial charge is 0.0641 e. The quantitative estimate of drug-likeness (QED) is 0.826. The van der Waals surface area contributed by atoms with Gasteiger partial charge in [-0.3, -0.25) is 4.68 Å².